The summed E-state index contributed by atoms with van der Waals surface area (Å²) in [7, 11) is 1.89. The molecule has 0 aliphatic carbocycles. The van der Waals surface area contributed by atoms with E-state index in [9.17, 15) is 4.79 Å². The minimum Gasteiger partial charge on any atom is -0.378 e. The number of ether oxygens (including phenoxy) is 1. The number of carbonyl (C=O) groups is 1. The summed E-state index contributed by atoms with van der Waals surface area (Å²) in [6.07, 6.45) is 6.61. The maximum absolute atomic E-state index is 11.5. The van der Waals surface area contributed by atoms with Gasteiger partial charge in [-0.2, -0.15) is 0 Å². The van der Waals surface area contributed by atoms with Gasteiger partial charge in [0.25, 0.3) is 0 Å². The molecule has 15 heavy (non-hydrogen) atoms. The fourth-order valence-corrected chi connectivity index (χ4v) is 1.90. The molecule has 1 heterocycles. The van der Waals surface area contributed by atoms with Gasteiger partial charge in [-0.05, 0) is 32.1 Å². The molecule has 1 saturated heterocycles. The van der Waals surface area contributed by atoms with Gasteiger partial charge in [-0.3, -0.25) is 4.79 Å². The van der Waals surface area contributed by atoms with Crippen LogP contribution >= 0.6 is 0 Å². The molecule has 0 aromatic heterocycles. The lowest BCUT2D eigenvalue weighted by Crippen LogP contribution is -2.31. The van der Waals surface area contributed by atoms with Gasteiger partial charge in [0.15, 0.2) is 0 Å². The van der Waals surface area contributed by atoms with Crippen LogP contribution in [0.15, 0.2) is 0 Å². The summed E-state index contributed by atoms with van der Waals surface area (Å²) in [5.74, 6) is 0.258. The number of hydrogen-bond donors (Lipinski definition) is 0. The Morgan fingerprint density at radius 3 is 2.87 bits per heavy atom. The van der Waals surface area contributed by atoms with Crippen LogP contribution in [0.25, 0.3) is 0 Å². The molecule has 3 heteroatoms. The molecule has 0 spiro atoms. The van der Waals surface area contributed by atoms with Gasteiger partial charge in [0.05, 0.1) is 6.10 Å². The van der Waals surface area contributed by atoms with E-state index in [1.54, 1.807) is 0 Å². The highest BCUT2D eigenvalue weighted by Gasteiger charge is 2.15. The second kappa shape index (κ2) is 6.83. The van der Waals surface area contributed by atoms with E-state index in [-0.39, 0.29) is 5.91 Å². The second-order valence-electron chi connectivity index (χ2n) is 4.34. The van der Waals surface area contributed by atoms with E-state index in [2.05, 4.69) is 0 Å². The first kappa shape index (κ1) is 12.5. The van der Waals surface area contributed by atoms with Crippen molar-refractivity contribution < 1.29 is 9.53 Å². The largest absolute Gasteiger partial charge is 0.378 e. The summed E-state index contributed by atoms with van der Waals surface area (Å²) in [5, 5.41) is 0. The van der Waals surface area contributed by atoms with Crippen LogP contribution in [-0.2, 0) is 9.53 Å². The molecule has 0 aromatic rings. The molecule has 0 aromatic carbocycles. The third-order valence-electron chi connectivity index (χ3n) is 2.95. The zero-order chi connectivity index (χ0) is 11.1. The van der Waals surface area contributed by atoms with Crippen LogP contribution in [0.1, 0.15) is 45.4 Å². The second-order valence-corrected chi connectivity index (χ2v) is 4.34. The summed E-state index contributed by atoms with van der Waals surface area (Å²) in [4.78, 5) is 13.3. The van der Waals surface area contributed by atoms with Crippen LogP contribution in [0, 0.1) is 0 Å². The van der Waals surface area contributed by atoms with Crippen LogP contribution in [0.3, 0.4) is 0 Å². The van der Waals surface area contributed by atoms with Crippen molar-refractivity contribution in [2.75, 3.05) is 20.2 Å². The average Bonchev–Trinajstić information content (AvgIpc) is 2.27. The third kappa shape index (κ3) is 4.65. The van der Waals surface area contributed by atoms with Crippen LogP contribution < -0.4 is 0 Å². The highest BCUT2D eigenvalue weighted by Crippen LogP contribution is 2.15. The highest BCUT2D eigenvalue weighted by molar-refractivity contribution is 5.75. The Bertz CT molecular complexity index is 188. The maximum atomic E-state index is 11.5. The van der Waals surface area contributed by atoms with E-state index in [0.29, 0.717) is 12.5 Å². The molecule has 1 amide bonds. The summed E-state index contributed by atoms with van der Waals surface area (Å²) >= 11 is 0. The molecule has 1 aliphatic heterocycles. The van der Waals surface area contributed by atoms with Crippen LogP contribution in [0.2, 0.25) is 0 Å². The molecular formula is C12H23NO2. The zero-order valence-corrected chi connectivity index (χ0v) is 10.00. The van der Waals surface area contributed by atoms with Gasteiger partial charge >= 0.3 is 0 Å². The smallest absolute Gasteiger partial charge is 0.222 e. The number of nitrogens with zero attached hydrogens (tertiary/aromatic N) is 1. The Labute approximate surface area is 92.8 Å². The van der Waals surface area contributed by atoms with Gasteiger partial charge in [0.1, 0.15) is 0 Å². The predicted molar refractivity (Wildman–Crippen MR) is 60.8 cm³/mol. The fraction of sp³-hybridized carbons (Fsp3) is 0.917. The Hall–Kier alpha value is -0.570. The molecule has 0 saturated carbocycles. The average molecular weight is 213 g/mol. The summed E-state index contributed by atoms with van der Waals surface area (Å²) in [6, 6.07) is 0. The topological polar surface area (TPSA) is 29.5 Å². The SMILES string of the molecule is CCCC(=O)N(C)CCC1CCCCO1. The van der Waals surface area contributed by atoms with Gasteiger partial charge < -0.3 is 9.64 Å². The van der Waals surface area contributed by atoms with Crippen LogP contribution in [0.4, 0.5) is 0 Å². The minimum atomic E-state index is 0.258. The van der Waals surface area contributed by atoms with Crippen molar-refractivity contribution in [2.24, 2.45) is 0 Å². The lowest BCUT2D eigenvalue weighted by atomic mass is 10.1. The lowest BCUT2D eigenvalue weighted by molar-refractivity contribution is -0.130. The zero-order valence-electron chi connectivity index (χ0n) is 10.00. The number of carbonyl (C=O) groups excluding carboxylic acids is 1. The molecular weight excluding hydrogens is 190 g/mol. The van der Waals surface area contributed by atoms with E-state index in [4.69, 9.17) is 4.74 Å². The maximum Gasteiger partial charge on any atom is 0.222 e. The number of amides is 1. The van der Waals surface area contributed by atoms with Crippen LogP contribution in [0.5, 0.6) is 0 Å². The number of rotatable bonds is 5. The summed E-state index contributed by atoms with van der Waals surface area (Å²) in [6.45, 7) is 3.77. The van der Waals surface area contributed by atoms with Crippen LogP contribution in [-0.4, -0.2) is 37.1 Å². The number of hydrogen-bond acceptors (Lipinski definition) is 2. The van der Waals surface area contributed by atoms with Crippen molar-refractivity contribution in [2.45, 2.75) is 51.6 Å². The van der Waals surface area contributed by atoms with E-state index in [0.717, 1.165) is 32.4 Å². The molecule has 1 rings (SSSR count). The van der Waals surface area contributed by atoms with Crippen molar-refractivity contribution >= 4 is 5.91 Å². The van der Waals surface area contributed by atoms with Crippen molar-refractivity contribution in [1.29, 1.82) is 0 Å². The van der Waals surface area contributed by atoms with Gasteiger partial charge in [0, 0.05) is 26.6 Å². The minimum absolute atomic E-state index is 0.258. The first-order chi connectivity index (χ1) is 7.24. The van der Waals surface area contributed by atoms with Gasteiger partial charge in [-0.1, -0.05) is 6.92 Å². The standard InChI is InChI=1S/C12H23NO2/c1-3-6-12(14)13(2)9-8-11-7-4-5-10-15-11/h11H,3-10H2,1-2H3. The molecule has 1 unspecified atom stereocenters. The van der Waals surface area contributed by atoms with Crippen molar-refractivity contribution in [3.8, 4) is 0 Å². The first-order valence-corrected chi connectivity index (χ1v) is 6.09. The Morgan fingerprint density at radius 2 is 2.27 bits per heavy atom. The Balaban J connectivity index is 2.14. The van der Waals surface area contributed by atoms with Gasteiger partial charge in [-0.25, -0.2) is 0 Å². The van der Waals surface area contributed by atoms with E-state index < -0.39 is 0 Å². The van der Waals surface area contributed by atoms with E-state index in [1.165, 1.54) is 12.8 Å². The highest BCUT2D eigenvalue weighted by atomic mass is 16.5. The van der Waals surface area contributed by atoms with Crippen molar-refractivity contribution in [3.05, 3.63) is 0 Å². The van der Waals surface area contributed by atoms with Crippen molar-refractivity contribution in [3.63, 3.8) is 0 Å². The molecule has 1 atom stereocenters. The summed E-state index contributed by atoms with van der Waals surface area (Å²) in [5.41, 5.74) is 0. The molecule has 88 valence electrons. The van der Waals surface area contributed by atoms with E-state index in [1.807, 2.05) is 18.9 Å². The lowest BCUT2D eigenvalue weighted by Gasteiger charge is -2.25. The quantitative estimate of drug-likeness (QED) is 0.700. The first-order valence-electron chi connectivity index (χ1n) is 6.09. The van der Waals surface area contributed by atoms with Gasteiger partial charge in [-0.15, -0.1) is 0 Å². The fourth-order valence-electron chi connectivity index (χ4n) is 1.90. The Morgan fingerprint density at radius 1 is 1.47 bits per heavy atom. The Kier molecular flexibility index (Phi) is 5.69. The molecule has 0 N–H and O–H groups in total. The molecule has 1 aliphatic rings. The van der Waals surface area contributed by atoms with Crippen molar-refractivity contribution in [1.82, 2.24) is 4.90 Å². The molecule has 1 fully saturated rings. The molecule has 3 nitrogen and oxygen atoms in total. The normalized spacial score (nSPS) is 21.3. The third-order valence-corrected chi connectivity index (χ3v) is 2.95. The van der Waals surface area contributed by atoms with Gasteiger partial charge in [0.2, 0.25) is 5.91 Å². The summed E-state index contributed by atoms with van der Waals surface area (Å²) < 4.78 is 5.63. The van der Waals surface area contributed by atoms with E-state index >= 15 is 0 Å². The predicted octanol–water partition coefficient (Wildman–Crippen LogP) is 2.20. The molecule has 0 bridgehead atoms. The monoisotopic (exact) mass is 213 g/mol. The molecule has 0 radical (unpaired) electrons.